The molecule has 1 amide bonds. The summed E-state index contributed by atoms with van der Waals surface area (Å²) in [6, 6.07) is 11.7. The van der Waals surface area contributed by atoms with Crippen molar-refractivity contribution in [2.45, 2.75) is 32.6 Å². The van der Waals surface area contributed by atoms with Crippen molar-refractivity contribution in [1.82, 2.24) is 9.88 Å². The number of rotatable bonds is 3. The number of nitrogens with zero attached hydrogens (tertiary/aromatic N) is 2. The molecule has 6 nitrogen and oxygen atoms in total. The Kier molecular flexibility index (Phi) is 5.75. The number of aromatic nitrogens is 1. The summed E-state index contributed by atoms with van der Waals surface area (Å²) in [5.41, 5.74) is 4.59. The molecule has 170 valence electrons. The fourth-order valence-electron chi connectivity index (χ4n) is 5.17. The van der Waals surface area contributed by atoms with Gasteiger partial charge in [0.05, 0.1) is 36.1 Å². The van der Waals surface area contributed by atoms with Crippen molar-refractivity contribution in [3.8, 4) is 0 Å². The van der Waals surface area contributed by atoms with E-state index in [2.05, 4.69) is 6.92 Å². The zero-order valence-corrected chi connectivity index (χ0v) is 19.0. The highest BCUT2D eigenvalue weighted by Gasteiger charge is 2.33. The van der Waals surface area contributed by atoms with Crippen molar-refractivity contribution >= 4 is 34.4 Å². The number of ether oxygens (including phenoxy) is 1. The average molecular weight is 445 g/mol. The SMILES string of the molecule is COC(=O)C1CCN(C(=O)c2c3c(nc4ccccc24)/C(=C\c2ccco2)CC(C)C3)CC1. The van der Waals surface area contributed by atoms with E-state index in [0.717, 1.165) is 51.9 Å². The molecule has 3 aromatic rings. The van der Waals surface area contributed by atoms with E-state index in [1.807, 2.05) is 47.4 Å². The summed E-state index contributed by atoms with van der Waals surface area (Å²) in [5, 5.41) is 0.891. The molecule has 1 unspecified atom stereocenters. The van der Waals surface area contributed by atoms with Crippen molar-refractivity contribution in [2.24, 2.45) is 11.8 Å². The molecule has 1 aromatic carbocycles. The smallest absolute Gasteiger partial charge is 0.308 e. The summed E-state index contributed by atoms with van der Waals surface area (Å²) in [4.78, 5) is 32.7. The maximum atomic E-state index is 13.9. The van der Waals surface area contributed by atoms with Crippen LogP contribution in [0.1, 0.15) is 53.6 Å². The van der Waals surface area contributed by atoms with E-state index in [1.54, 1.807) is 6.26 Å². The van der Waals surface area contributed by atoms with Gasteiger partial charge in [0.2, 0.25) is 0 Å². The second-order valence-corrected chi connectivity index (χ2v) is 9.12. The molecule has 0 bridgehead atoms. The van der Waals surface area contributed by atoms with Gasteiger partial charge in [-0.3, -0.25) is 9.59 Å². The number of carbonyl (C=O) groups excluding carboxylic acids is 2. The number of esters is 1. The molecule has 1 fully saturated rings. The largest absolute Gasteiger partial charge is 0.469 e. The van der Waals surface area contributed by atoms with Gasteiger partial charge in [0, 0.05) is 18.5 Å². The van der Waals surface area contributed by atoms with Gasteiger partial charge in [-0.2, -0.15) is 0 Å². The van der Waals surface area contributed by atoms with Gasteiger partial charge in [-0.05, 0) is 67.0 Å². The molecule has 0 N–H and O–H groups in total. The quantitative estimate of drug-likeness (QED) is 0.533. The van der Waals surface area contributed by atoms with Crippen LogP contribution in [0.15, 0.2) is 47.1 Å². The van der Waals surface area contributed by atoms with Crippen LogP contribution in [0.4, 0.5) is 0 Å². The first-order valence-electron chi connectivity index (χ1n) is 11.6. The van der Waals surface area contributed by atoms with E-state index in [0.29, 0.717) is 31.8 Å². The number of piperidine rings is 1. The summed E-state index contributed by atoms with van der Waals surface area (Å²) in [6.07, 6.45) is 6.67. The van der Waals surface area contributed by atoms with Crippen LogP contribution in [-0.4, -0.2) is 42.0 Å². The zero-order valence-electron chi connectivity index (χ0n) is 19.0. The van der Waals surface area contributed by atoms with E-state index in [-0.39, 0.29) is 17.8 Å². The highest BCUT2D eigenvalue weighted by Crippen LogP contribution is 2.39. The maximum absolute atomic E-state index is 13.9. The third-order valence-electron chi connectivity index (χ3n) is 6.81. The number of methoxy groups -OCH3 is 1. The van der Waals surface area contributed by atoms with Crippen LogP contribution in [0.3, 0.4) is 0 Å². The van der Waals surface area contributed by atoms with Crippen molar-refractivity contribution < 1.29 is 18.7 Å². The third-order valence-corrected chi connectivity index (χ3v) is 6.81. The minimum absolute atomic E-state index is 0.0274. The van der Waals surface area contributed by atoms with Crippen molar-refractivity contribution in [3.63, 3.8) is 0 Å². The second-order valence-electron chi connectivity index (χ2n) is 9.12. The minimum Gasteiger partial charge on any atom is -0.469 e. The molecule has 0 saturated carbocycles. The van der Waals surface area contributed by atoms with Crippen LogP contribution in [0.2, 0.25) is 0 Å². The van der Waals surface area contributed by atoms with Crippen molar-refractivity contribution in [2.75, 3.05) is 20.2 Å². The number of allylic oxidation sites excluding steroid dienone is 1. The third kappa shape index (κ3) is 4.06. The zero-order chi connectivity index (χ0) is 22.9. The molecule has 1 aliphatic heterocycles. The minimum atomic E-state index is -0.185. The van der Waals surface area contributed by atoms with E-state index < -0.39 is 0 Å². The molecular weight excluding hydrogens is 416 g/mol. The lowest BCUT2D eigenvalue weighted by Crippen LogP contribution is -2.41. The van der Waals surface area contributed by atoms with Crippen LogP contribution < -0.4 is 0 Å². The van der Waals surface area contributed by atoms with Gasteiger partial charge in [0.1, 0.15) is 5.76 Å². The molecule has 1 saturated heterocycles. The molecule has 2 aliphatic rings. The van der Waals surface area contributed by atoms with E-state index in [4.69, 9.17) is 14.1 Å². The Morgan fingerprint density at radius 3 is 2.64 bits per heavy atom. The lowest BCUT2D eigenvalue weighted by Gasteiger charge is -2.33. The summed E-state index contributed by atoms with van der Waals surface area (Å²) in [5.74, 6) is 0.885. The predicted molar refractivity (Wildman–Crippen MR) is 126 cm³/mol. The Hall–Kier alpha value is -3.41. The fourth-order valence-corrected chi connectivity index (χ4v) is 5.17. The molecule has 33 heavy (non-hydrogen) atoms. The Labute approximate surface area is 193 Å². The maximum Gasteiger partial charge on any atom is 0.308 e. The Balaban J connectivity index is 1.58. The topological polar surface area (TPSA) is 72.6 Å². The molecule has 5 rings (SSSR count). The molecular formula is C27H28N2O4. The monoisotopic (exact) mass is 444 g/mol. The van der Waals surface area contributed by atoms with E-state index in [9.17, 15) is 9.59 Å². The summed E-state index contributed by atoms with van der Waals surface area (Å²) >= 11 is 0. The van der Waals surface area contributed by atoms with Crippen LogP contribution in [0.25, 0.3) is 22.6 Å². The number of hydrogen-bond acceptors (Lipinski definition) is 5. The van der Waals surface area contributed by atoms with Gasteiger partial charge in [-0.25, -0.2) is 4.98 Å². The number of carbonyl (C=O) groups is 2. The number of hydrogen-bond donors (Lipinski definition) is 0. The van der Waals surface area contributed by atoms with Gasteiger partial charge in [-0.1, -0.05) is 25.1 Å². The van der Waals surface area contributed by atoms with Crippen LogP contribution in [0, 0.1) is 11.8 Å². The fraction of sp³-hybridized carbons (Fsp3) is 0.370. The number of amides is 1. The van der Waals surface area contributed by atoms with Gasteiger partial charge >= 0.3 is 5.97 Å². The molecule has 3 heterocycles. The van der Waals surface area contributed by atoms with E-state index in [1.165, 1.54) is 7.11 Å². The molecule has 6 heteroatoms. The first kappa shape index (κ1) is 21.4. The van der Waals surface area contributed by atoms with Gasteiger partial charge in [0.15, 0.2) is 0 Å². The van der Waals surface area contributed by atoms with Gasteiger partial charge in [-0.15, -0.1) is 0 Å². The average Bonchev–Trinajstić information content (AvgIpc) is 3.35. The molecule has 0 radical (unpaired) electrons. The van der Waals surface area contributed by atoms with Gasteiger partial charge in [0.25, 0.3) is 5.91 Å². The number of pyridine rings is 1. The first-order chi connectivity index (χ1) is 16.0. The molecule has 1 aliphatic carbocycles. The van der Waals surface area contributed by atoms with Crippen molar-refractivity contribution in [3.05, 3.63) is 65.2 Å². The first-order valence-corrected chi connectivity index (χ1v) is 11.6. The normalized spacial score (nSPS) is 20.1. The Bertz CT molecular complexity index is 1220. The van der Waals surface area contributed by atoms with Crippen molar-refractivity contribution in [1.29, 1.82) is 0 Å². The Morgan fingerprint density at radius 2 is 1.91 bits per heavy atom. The van der Waals surface area contributed by atoms with Crippen LogP contribution in [-0.2, 0) is 16.0 Å². The highest BCUT2D eigenvalue weighted by atomic mass is 16.5. The second kappa shape index (κ2) is 8.85. The lowest BCUT2D eigenvalue weighted by molar-refractivity contribution is -0.146. The highest BCUT2D eigenvalue weighted by molar-refractivity contribution is 6.09. The molecule has 2 aromatic heterocycles. The molecule has 0 spiro atoms. The Morgan fingerprint density at radius 1 is 1.12 bits per heavy atom. The van der Waals surface area contributed by atoms with E-state index >= 15 is 0 Å². The van der Waals surface area contributed by atoms with Gasteiger partial charge < -0.3 is 14.1 Å². The standard InChI is InChI=1S/C27H28N2O4/c1-17-14-19(16-20-6-5-13-33-20)25-22(15-17)24(21-7-3-4-8-23(21)28-25)26(30)29-11-9-18(10-12-29)27(31)32-2/h3-8,13,16-18H,9-12,14-15H2,1-2H3/b19-16-. The number of para-hydroxylation sites is 1. The van der Waals surface area contributed by atoms with Crippen LogP contribution >= 0.6 is 0 Å². The molecule has 1 atom stereocenters. The lowest BCUT2D eigenvalue weighted by atomic mass is 9.80. The number of furan rings is 1. The summed E-state index contributed by atoms with van der Waals surface area (Å²) in [6.45, 7) is 3.31. The summed E-state index contributed by atoms with van der Waals surface area (Å²) < 4.78 is 10.5. The number of fused-ring (bicyclic) bond motifs is 2. The number of benzene rings is 1. The van der Waals surface area contributed by atoms with Crippen LogP contribution in [0.5, 0.6) is 0 Å². The summed E-state index contributed by atoms with van der Waals surface area (Å²) in [7, 11) is 1.42. The predicted octanol–water partition coefficient (Wildman–Crippen LogP) is 4.98. The number of likely N-dealkylation sites (tertiary alicyclic amines) is 1.